The van der Waals surface area contributed by atoms with Crippen molar-refractivity contribution in [1.82, 2.24) is 5.32 Å². The molecule has 1 aliphatic heterocycles. The van der Waals surface area contributed by atoms with Crippen LogP contribution in [0.3, 0.4) is 0 Å². The minimum Gasteiger partial charge on any atom is -0.474 e. The summed E-state index contributed by atoms with van der Waals surface area (Å²) in [4.78, 5) is 20.7. The van der Waals surface area contributed by atoms with E-state index in [4.69, 9.17) is 4.74 Å². The third-order valence-corrected chi connectivity index (χ3v) is 1.63. The Morgan fingerprint density at radius 2 is 2.43 bits per heavy atom. The molecule has 7 nitrogen and oxygen atoms in total. The standard InChI is InChI=1S/C7H10N2O5/c1-13-7(10)5(9(11)12)6-8-3-2-4-14-6/h8H,2-4H2,1H3. The molecule has 1 rings (SSSR count). The van der Waals surface area contributed by atoms with Crippen molar-refractivity contribution in [3.63, 3.8) is 0 Å². The van der Waals surface area contributed by atoms with Crippen LogP contribution in [0.4, 0.5) is 0 Å². The summed E-state index contributed by atoms with van der Waals surface area (Å²) in [5.74, 6) is -1.13. The normalized spacial score (nSPS) is 18.9. The summed E-state index contributed by atoms with van der Waals surface area (Å²) < 4.78 is 9.22. The van der Waals surface area contributed by atoms with Crippen LogP contribution in [0.2, 0.25) is 0 Å². The highest BCUT2D eigenvalue weighted by molar-refractivity contribution is 5.86. The lowest BCUT2D eigenvalue weighted by Crippen LogP contribution is -2.30. The van der Waals surface area contributed by atoms with Gasteiger partial charge in [0.2, 0.25) is 0 Å². The zero-order valence-corrected chi connectivity index (χ0v) is 7.61. The van der Waals surface area contributed by atoms with E-state index in [1.807, 2.05) is 0 Å². The number of nitro groups is 1. The number of carbonyl (C=O) groups excluding carboxylic acids is 1. The molecule has 78 valence electrons. The minimum atomic E-state index is -1.01. The molecule has 0 saturated carbocycles. The Hall–Kier alpha value is -1.79. The highest BCUT2D eigenvalue weighted by Crippen LogP contribution is 2.10. The molecule has 0 unspecified atom stereocenters. The van der Waals surface area contributed by atoms with Gasteiger partial charge in [0.1, 0.15) is 0 Å². The molecule has 1 fully saturated rings. The van der Waals surface area contributed by atoms with Crippen LogP contribution in [0.15, 0.2) is 11.6 Å². The van der Waals surface area contributed by atoms with Gasteiger partial charge in [-0.3, -0.25) is 10.1 Å². The lowest BCUT2D eigenvalue weighted by molar-refractivity contribution is -0.425. The zero-order chi connectivity index (χ0) is 10.6. The molecule has 1 heterocycles. The second-order valence-electron chi connectivity index (χ2n) is 2.56. The average Bonchev–Trinajstić information content (AvgIpc) is 2.19. The van der Waals surface area contributed by atoms with Gasteiger partial charge >= 0.3 is 11.7 Å². The largest absolute Gasteiger partial charge is 0.474 e. The second kappa shape index (κ2) is 4.45. The van der Waals surface area contributed by atoms with Gasteiger partial charge in [-0.05, 0) is 6.42 Å². The predicted molar refractivity (Wildman–Crippen MR) is 44.6 cm³/mol. The Bertz CT molecular complexity index is 278. The number of hydrogen-bond donors (Lipinski definition) is 1. The van der Waals surface area contributed by atoms with Gasteiger partial charge in [0.25, 0.3) is 5.88 Å². The van der Waals surface area contributed by atoms with Gasteiger partial charge in [-0.2, -0.15) is 0 Å². The van der Waals surface area contributed by atoms with Crippen molar-refractivity contribution >= 4 is 5.97 Å². The van der Waals surface area contributed by atoms with E-state index in [2.05, 4.69) is 10.1 Å². The molecule has 0 amide bonds. The fraction of sp³-hybridized carbons (Fsp3) is 0.571. The first kappa shape index (κ1) is 10.3. The number of esters is 1. The van der Waals surface area contributed by atoms with Gasteiger partial charge in [0.15, 0.2) is 0 Å². The Labute approximate surface area is 79.8 Å². The van der Waals surface area contributed by atoms with Gasteiger partial charge in [0, 0.05) is 6.54 Å². The lowest BCUT2D eigenvalue weighted by atomic mass is 10.3. The van der Waals surface area contributed by atoms with E-state index < -0.39 is 16.6 Å². The zero-order valence-electron chi connectivity index (χ0n) is 7.61. The van der Waals surface area contributed by atoms with E-state index in [1.165, 1.54) is 0 Å². The van der Waals surface area contributed by atoms with Gasteiger partial charge in [-0.25, -0.2) is 4.79 Å². The highest BCUT2D eigenvalue weighted by atomic mass is 16.6. The van der Waals surface area contributed by atoms with E-state index in [1.54, 1.807) is 0 Å². The van der Waals surface area contributed by atoms with E-state index in [0.29, 0.717) is 13.2 Å². The summed E-state index contributed by atoms with van der Waals surface area (Å²) in [6, 6.07) is 0. The van der Waals surface area contributed by atoms with Crippen molar-refractivity contribution in [3.05, 3.63) is 21.7 Å². The molecule has 0 radical (unpaired) electrons. The quantitative estimate of drug-likeness (QED) is 0.284. The molecular weight excluding hydrogens is 192 g/mol. The topological polar surface area (TPSA) is 90.7 Å². The molecule has 14 heavy (non-hydrogen) atoms. The molecule has 1 N–H and O–H groups in total. The van der Waals surface area contributed by atoms with Crippen LogP contribution < -0.4 is 5.32 Å². The van der Waals surface area contributed by atoms with Crippen LogP contribution in [-0.4, -0.2) is 31.2 Å². The maximum absolute atomic E-state index is 11.0. The van der Waals surface area contributed by atoms with Crippen molar-refractivity contribution < 1.29 is 19.2 Å². The van der Waals surface area contributed by atoms with Crippen molar-refractivity contribution in [1.29, 1.82) is 0 Å². The first-order chi connectivity index (χ1) is 6.66. The number of ether oxygens (including phenoxy) is 2. The third-order valence-electron chi connectivity index (χ3n) is 1.63. The van der Waals surface area contributed by atoms with Crippen molar-refractivity contribution in [2.45, 2.75) is 6.42 Å². The van der Waals surface area contributed by atoms with Crippen molar-refractivity contribution in [2.24, 2.45) is 0 Å². The van der Waals surface area contributed by atoms with Crippen LogP contribution in [0.1, 0.15) is 6.42 Å². The molecule has 0 aromatic carbocycles. The van der Waals surface area contributed by atoms with E-state index >= 15 is 0 Å². The summed E-state index contributed by atoms with van der Waals surface area (Å²) in [7, 11) is 1.08. The van der Waals surface area contributed by atoms with E-state index in [-0.39, 0.29) is 5.88 Å². The van der Waals surface area contributed by atoms with Gasteiger partial charge in [-0.15, -0.1) is 0 Å². The molecule has 7 heteroatoms. The highest BCUT2D eigenvalue weighted by Gasteiger charge is 2.31. The van der Waals surface area contributed by atoms with Crippen LogP contribution in [0.25, 0.3) is 0 Å². The van der Waals surface area contributed by atoms with Crippen molar-refractivity contribution in [2.75, 3.05) is 20.3 Å². The molecule has 0 atom stereocenters. The van der Waals surface area contributed by atoms with Crippen LogP contribution in [0, 0.1) is 10.1 Å². The predicted octanol–water partition coefficient (Wildman–Crippen LogP) is -0.385. The molecule has 0 aromatic rings. The maximum Gasteiger partial charge on any atom is 0.415 e. The number of methoxy groups -OCH3 is 1. The first-order valence-electron chi connectivity index (χ1n) is 4.00. The van der Waals surface area contributed by atoms with Gasteiger partial charge in [-0.1, -0.05) is 0 Å². The average molecular weight is 202 g/mol. The smallest absolute Gasteiger partial charge is 0.415 e. The molecule has 0 bridgehead atoms. The minimum absolute atomic E-state index is 0.117. The monoisotopic (exact) mass is 202 g/mol. The molecule has 0 aliphatic carbocycles. The fourth-order valence-corrected chi connectivity index (χ4v) is 0.998. The molecule has 0 aromatic heterocycles. The number of nitrogens with one attached hydrogen (secondary N) is 1. The van der Waals surface area contributed by atoms with Crippen LogP contribution >= 0.6 is 0 Å². The van der Waals surface area contributed by atoms with Gasteiger partial charge in [0.05, 0.1) is 18.6 Å². The molecular formula is C7H10N2O5. The van der Waals surface area contributed by atoms with Crippen LogP contribution in [0.5, 0.6) is 0 Å². The summed E-state index contributed by atoms with van der Waals surface area (Å²) in [5.41, 5.74) is -0.688. The Morgan fingerprint density at radius 3 is 2.86 bits per heavy atom. The third kappa shape index (κ3) is 2.12. The Balaban J connectivity index is 2.94. The summed E-state index contributed by atoms with van der Waals surface area (Å²) in [6.07, 6.45) is 0.746. The van der Waals surface area contributed by atoms with Crippen LogP contribution in [-0.2, 0) is 14.3 Å². The van der Waals surface area contributed by atoms with Crippen molar-refractivity contribution in [3.8, 4) is 0 Å². The Morgan fingerprint density at radius 1 is 1.71 bits per heavy atom. The van der Waals surface area contributed by atoms with E-state index in [9.17, 15) is 14.9 Å². The second-order valence-corrected chi connectivity index (χ2v) is 2.56. The summed E-state index contributed by atoms with van der Waals surface area (Å²) in [6.45, 7) is 0.903. The number of rotatable bonds is 2. The summed E-state index contributed by atoms with van der Waals surface area (Å²) in [5, 5.41) is 13.2. The number of nitrogens with zero attached hydrogens (tertiary/aromatic N) is 1. The first-order valence-corrected chi connectivity index (χ1v) is 4.00. The molecule has 0 spiro atoms. The molecule has 1 aliphatic rings. The SMILES string of the molecule is COC(=O)C(=C1NCCCO1)[N+](=O)[O-]. The maximum atomic E-state index is 11.0. The van der Waals surface area contributed by atoms with Gasteiger partial charge < -0.3 is 14.8 Å². The lowest BCUT2D eigenvalue weighted by Gasteiger charge is -2.16. The fourth-order valence-electron chi connectivity index (χ4n) is 0.998. The van der Waals surface area contributed by atoms with E-state index in [0.717, 1.165) is 13.5 Å². The number of carbonyl (C=O) groups is 1. The molecule has 1 saturated heterocycles. The number of hydrogen-bond acceptors (Lipinski definition) is 6. The summed E-state index contributed by atoms with van der Waals surface area (Å²) >= 11 is 0. The Kier molecular flexibility index (Phi) is 3.27.